The fourth-order valence-electron chi connectivity index (χ4n) is 2.78. The molecular weight excluding hydrogens is 332 g/mol. The van der Waals surface area contributed by atoms with Crippen LogP contribution in [0.15, 0.2) is 12.1 Å². The topological polar surface area (TPSA) is 27.7 Å². The molecule has 0 amide bonds. The SMILES string of the molecule is CCCCCCCCOCC1COB(c2cc(F)c(F)c(F)c2)OC1. The van der Waals surface area contributed by atoms with Crippen LogP contribution in [0.3, 0.4) is 0 Å². The van der Waals surface area contributed by atoms with Crippen molar-refractivity contribution in [3.8, 4) is 0 Å². The summed E-state index contributed by atoms with van der Waals surface area (Å²) >= 11 is 0. The number of hydrogen-bond acceptors (Lipinski definition) is 3. The van der Waals surface area contributed by atoms with E-state index in [1.807, 2.05) is 0 Å². The maximum Gasteiger partial charge on any atom is 0.494 e. The quantitative estimate of drug-likeness (QED) is 0.361. The first-order chi connectivity index (χ1) is 12.1. The molecule has 2 rings (SSSR count). The number of hydrogen-bond donors (Lipinski definition) is 0. The predicted octanol–water partition coefficient (Wildman–Crippen LogP) is 3.84. The summed E-state index contributed by atoms with van der Waals surface area (Å²) in [5.74, 6) is -3.88. The lowest BCUT2D eigenvalue weighted by Crippen LogP contribution is -2.45. The molecule has 0 bridgehead atoms. The molecule has 1 heterocycles. The minimum absolute atomic E-state index is 0.0893. The summed E-state index contributed by atoms with van der Waals surface area (Å²) in [5, 5.41) is 0. The van der Waals surface area contributed by atoms with Gasteiger partial charge in [-0.2, -0.15) is 0 Å². The number of benzene rings is 1. The third kappa shape index (κ3) is 6.64. The summed E-state index contributed by atoms with van der Waals surface area (Å²) < 4.78 is 56.1. The highest BCUT2D eigenvalue weighted by atomic mass is 19.2. The highest BCUT2D eigenvalue weighted by Crippen LogP contribution is 2.13. The molecule has 0 atom stereocenters. The molecule has 1 aliphatic heterocycles. The van der Waals surface area contributed by atoms with E-state index in [0.29, 0.717) is 19.8 Å². The molecule has 0 spiro atoms. The Labute approximate surface area is 148 Å². The lowest BCUT2D eigenvalue weighted by Gasteiger charge is -2.27. The average molecular weight is 358 g/mol. The summed E-state index contributed by atoms with van der Waals surface area (Å²) in [4.78, 5) is 0. The number of unbranched alkanes of at least 4 members (excludes halogenated alkanes) is 5. The highest BCUT2D eigenvalue weighted by Gasteiger charge is 2.31. The van der Waals surface area contributed by atoms with Crippen molar-refractivity contribution in [3.63, 3.8) is 0 Å². The van der Waals surface area contributed by atoms with Crippen LogP contribution in [0.4, 0.5) is 13.2 Å². The molecule has 0 N–H and O–H groups in total. The molecule has 0 radical (unpaired) electrons. The minimum Gasteiger partial charge on any atom is -0.407 e. The Morgan fingerprint density at radius 3 is 2.24 bits per heavy atom. The van der Waals surface area contributed by atoms with Crippen LogP contribution in [0.1, 0.15) is 45.4 Å². The van der Waals surface area contributed by atoms with E-state index >= 15 is 0 Å². The first kappa shape index (κ1) is 20.3. The summed E-state index contributed by atoms with van der Waals surface area (Å²) in [6.07, 6.45) is 7.30. The number of halogens is 3. The molecule has 0 saturated carbocycles. The van der Waals surface area contributed by atoms with Crippen molar-refractivity contribution in [2.45, 2.75) is 45.4 Å². The van der Waals surface area contributed by atoms with Gasteiger partial charge in [-0.15, -0.1) is 0 Å². The lowest BCUT2D eigenvalue weighted by atomic mass is 9.77. The van der Waals surface area contributed by atoms with Crippen LogP contribution in [0.2, 0.25) is 0 Å². The molecule has 1 saturated heterocycles. The zero-order valence-corrected chi connectivity index (χ0v) is 14.7. The molecule has 3 nitrogen and oxygen atoms in total. The maximum atomic E-state index is 13.3. The molecule has 0 aromatic heterocycles. The number of ether oxygens (including phenoxy) is 1. The van der Waals surface area contributed by atoms with Gasteiger partial charge in [-0.05, 0) is 24.0 Å². The largest absolute Gasteiger partial charge is 0.494 e. The molecule has 25 heavy (non-hydrogen) atoms. The van der Waals surface area contributed by atoms with Crippen molar-refractivity contribution in [3.05, 3.63) is 29.6 Å². The molecule has 1 fully saturated rings. The Kier molecular flexibility index (Phi) is 8.79. The van der Waals surface area contributed by atoms with Crippen LogP contribution in [0, 0.1) is 23.4 Å². The van der Waals surface area contributed by atoms with E-state index in [2.05, 4.69) is 6.92 Å². The van der Waals surface area contributed by atoms with E-state index in [-0.39, 0.29) is 11.4 Å². The second-order valence-corrected chi connectivity index (χ2v) is 6.51. The number of rotatable bonds is 10. The summed E-state index contributed by atoms with van der Waals surface area (Å²) in [6.45, 7) is 4.21. The molecule has 1 aliphatic rings. The predicted molar refractivity (Wildman–Crippen MR) is 91.3 cm³/mol. The second kappa shape index (κ2) is 10.8. The van der Waals surface area contributed by atoms with Gasteiger partial charge in [0, 0.05) is 25.7 Å². The second-order valence-electron chi connectivity index (χ2n) is 6.51. The molecule has 7 heteroatoms. The standard InChI is InChI=1S/C18H26BF3O3/c1-2-3-4-5-6-7-8-23-11-14-12-24-19(25-13-14)15-9-16(20)18(22)17(21)10-15/h9-10,14H,2-8,11-13H2,1H3. The normalized spacial score (nSPS) is 15.8. The Balaban J connectivity index is 1.62. The Bertz CT molecular complexity index is 499. The molecule has 1 aromatic carbocycles. The van der Waals surface area contributed by atoms with Crippen molar-refractivity contribution in [2.24, 2.45) is 5.92 Å². The molecule has 0 aliphatic carbocycles. The van der Waals surface area contributed by atoms with E-state index in [1.165, 1.54) is 32.1 Å². The van der Waals surface area contributed by atoms with E-state index in [4.69, 9.17) is 14.0 Å². The first-order valence-corrected chi connectivity index (χ1v) is 9.07. The van der Waals surface area contributed by atoms with Crippen LogP contribution < -0.4 is 5.46 Å². The van der Waals surface area contributed by atoms with Crippen LogP contribution in [-0.2, 0) is 14.0 Å². The fourth-order valence-corrected chi connectivity index (χ4v) is 2.78. The van der Waals surface area contributed by atoms with Gasteiger partial charge in [0.05, 0.1) is 6.61 Å². The van der Waals surface area contributed by atoms with E-state index in [9.17, 15) is 13.2 Å². The van der Waals surface area contributed by atoms with E-state index in [0.717, 1.165) is 25.2 Å². The van der Waals surface area contributed by atoms with Gasteiger partial charge in [0.1, 0.15) is 0 Å². The van der Waals surface area contributed by atoms with Crippen LogP contribution in [0.5, 0.6) is 0 Å². The van der Waals surface area contributed by atoms with Gasteiger partial charge in [-0.3, -0.25) is 0 Å². The van der Waals surface area contributed by atoms with E-state index in [1.54, 1.807) is 0 Å². The fraction of sp³-hybridized carbons (Fsp3) is 0.667. The van der Waals surface area contributed by atoms with Crippen LogP contribution in [-0.4, -0.2) is 33.5 Å². The van der Waals surface area contributed by atoms with E-state index < -0.39 is 24.6 Å². The smallest absolute Gasteiger partial charge is 0.407 e. The van der Waals surface area contributed by atoms with Crippen molar-refractivity contribution < 1.29 is 27.2 Å². The zero-order chi connectivity index (χ0) is 18.1. The lowest BCUT2D eigenvalue weighted by molar-refractivity contribution is 0.0180. The molecule has 140 valence electrons. The molecular formula is C18H26BF3O3. The monoisotopic (exact) mass is 358 g/mol. The minimum atomic E-state index is -1.49. The van der Waals surface area contributed by atoms with Crippen molar-refractivity contribution >= 4 is 12.6 Å². The zero-order valence-electron chi connectivity index (χ0n) is 14.7. The van der Waals surface area contributed by atoms with Gasteiger partial charge in [-0.25, -0.2) is 13.2 Å². The van der Waals surface area contributed by atoms with Gasteiger partial charge in [0.15, 0.2) is 17.5 Å². The summed E-state index contributed by atoms with van der Waals surface area (Å²) in [6, 6.07) is 1.80. The third-order valence-electron chi connectivity index (χ3n) is 4.24. The van der Waals surface area contributed by atoms with Crippen molar-refractivity contribution in [2.75, 3.05) is 26.4 Å². The highest BCUT2D eigenvalue weighted by molar-refractivity contribution is 6.61. The first-order valence-electron chi connectivity index (χ1n) is 9.07. The maximum absolute atomic E-state index is 13.3. The van der Waals surface area contributed by atoms with Gasteiger partial charge < -0.3 is 14.0 Å². The van der Waals surface area contributed by atoms with Gasteiger partial charge in [0.2, 0.25) is 0 Å². The third-order valence-corrected chi connectivity index (χ3v) is 4.24. The Hall–Kier alpha value is -1.05. The van der Waals surface area contributed by atoms with Crippen molar-refractivity contribution in [1.82, 2.24) is 0 Å². The Morgan fingerprint density at radius 2 is 1.60 bits per heavy atom. The molecule has 1 aromatic rings. The van der Waals surface area contributed by atoms with Crippen LogP contribution in [0.25, 0.3) is 0 Å². The van der Waals surface area contributed by atoms with Gasteiger partial charge in [-0.1, -0.05) is 39.0 Å². The average Bonchev–Trinajstić information content (AvgIpc) is 2.62. The summed E-state index contributed by atoms with van der Waals surface area (Å²) in [5.41, 5.74) is 0.142. The van der Waals surface area contributed by atoms with Crippen molar-refractivity contribution in [1.29, 1.82) is 0 Å². The van der Waals surface area contributed by atoms with Gasteiger partial charge in [0.25, 0.3) is 0 Å². The van der Waals surface area contributed by atoms with Gasteiger partial charge >= 0.3 is 7.12 Å². The summed E-state index contributed by atoms with van der Waals surface area (Å²) in [7, 11) is -0.876. The Morgan fingerprint density at radius 1 is 1.00 bits per heavy atom. The van der Waals surface area contributed by atoms with Crippen LogP contribution >= 0.6 is 0 Å². The molecule has 0 unspecified atom stereocenters.